The molecule has 0 aliphatic carbocycles. The van der Waals surface area contributed by atoms with E-state index in [0.29, 0.717) is 0 Å². The van der Waals surface area contributed by atoms with Crippen LogP contribution in [0.1, 0.15) is 38.2 Å². The van der Waals surface area contributed by atoms with E-state index in [1.807, 2.05) is 18.2 Å². The SMILES string of the molecule is CCCCCCc1cccc(-c2noc3ccccc23)c1. The van der Waals surface area contributed by atoms with Crippen LogP contribution in [0.25, 0.3) is 22.2 Å². The Labute approximate surface area is 125 Å². The molecule has 0 atom stereocenters. The first-order valence-electron chi connectivity index (χ1n) is 7.82. The molecule has 0 spiro atoms. The highest BCUT2D eigenvalue weighted by molar-refractivity contribution is 5.91. The summed E-state index contributed by atoms with van der Waals surface area (Å²) in [4.78, 5) is 0. The quantitative estimate of drug-likeness (QED) is 0.547. The second-order valence-corrected chi connectivity index (χ2v) is 5.54. The van der Waals surface area contributed by atoms with Crippen LogP contribution in [0.4, 0.5) is 0 Å². The van der Waals surface area contributed by atoms with Gasteiger partial charge in [0.25, 0.3) is 0 Å². The van der Waals surface area contributed by atoms with E-state index in [-0.39, 0.29) is 0 Å². The summed E-state index contributed by atoms with van der Waals surface area (Å²) >= 11 is 0. The second-order valence-electron chi connectivity index (χ2n) is 5.54. The summed E-state index contributed by atoms with van der Waals surface area (Å²) in [6.45, 7) is 2.25. The van der Waals surface area contributed by atoms with Crippen molar-refractivity contribution in [1.82, 2.24) is 5.16 Å². The highest BCUT2D eigenvalue weighted by Crippen LogP contribution is 2.28. The highest BCUT2D eigenvalue weighted by Gasteiger charge is 2.09. The third-order valence-electron chi connectivity index (χ3n) is 3.90. The molecule has 0 aliphatic rings. The number of rotatable bonds is 6. The third kappa shape index (κ3) is 3.15. The smallest absolute Gasteiger partial charge is 0.167 e. The average Bonchev–Trinajstić information content (AvgIpc) is 2.96. The Hall–Kier alpha value is -2.09. The van der Waals surface area contributed by atoms with Gasteiger partial charge < -0.3 is 4.52 Å². The van der Waals surface area contributed by atoms with Crippen molar-refractivity contribution in [1.29, 1.82) is 0 Å². The van der Waals surface area contributed by atoms with Crippen molar-refractivity contribution in [3.05, 3.63) is 54.1 Å². The molecule has 1 aromatic heterocycles. The average molecular weight is 279 g/mol. The Bertz CT molecular complexity index is 714. The van der Waals surface area contributed by atoms with Gasteiger partial charge >= 0.3 is 0 Å². The van der Waals surface area contributed by atoms with Crippen LogP contribution in [0.2, 0.25) is 0 Å². The molecular formula is C19H21NO. The second kappa shape index (κ2) is 6.57. The maximum Gasteiger partial charge on any atom is 0.167 e. The van der Waals surface area contributed by atoms with Gasteiger partial charge in [0.1, 0.15) is 5.69 Å². The van der Waals surface area contributed by atoms with E-state index in [2.05, 4.69) is 42.4 Å². The number of aromatic nitrogens is 1. The summed E-state index contributed by atoms with van der Waals surface area (Å²) in [5.74, 6) is 0. The Kier molecular flexibility index (Phi) is 4.34. The summed E-state index contributed by atoms with van der Waals surface area (Å²) < 4.78 is 5.41. The van der Waals surface area contributed by atoms with Crippen LogP contribution in [0.5, 0.6) is 0 Å². The molecule has 3 aromatic rings. The number of nitrogens with zero attached hydrogens (tertiary/aromatic N) is 1. The fourth-order valence-electron chi connectivity index (χ4n) is 2.72. The molecular weight excluding hydrogens is 258 g/mol. The number of fused-ring (bicyclic) bond motifs is 1. The lowest BCUT2D eigenvalue weighted by Gasteiger charge is -2.04. The third-order valence-corrected chi connectivity index (χ3v) is 3.90. The number of aryl methyl sites for hydroxylation is 1. The van der Waals surface area contributed by atoms with E-state index < -0.39 is 0 Å². The zero-order valence-corrected chi connectivity index (χ0v) is 12.5. The van der Waals surface area contributed by atoms with Crippen molar-refractivity contribution in [2.45, 2.75) is 39.0 Å². The minimum Gasteiger partial charge on any atom is -0.356 e. The first-order chi connectivity index (χ1) is 10.4. The van der Waals surface area contributed by atoms with Gasteiger partial charge in [0.15, 0.2) is 5.58 Å². The lowest BCUT2D eigenvalue weighted by molar-refractivity contribution is 0.459. The lowest BCUT2D eigenvalue weighted by Crippen LogP contribution is -1.87. The fourth-order valence-corrected chi connectivity index (χ4v) is 2.72. The molecule has 3 rings (SSSR count). The maximum absolute atomic E-state index is 5.41. The standard InChI is InChI=1S/C19H21NO/c1-2-3-4-5-9-15-10-8-11-16(14-15)19-17-12-6-7-13-18(17)21-20-19/h6-8,10-14H,2-5,9H2,1H3. The molecule has 0 aliphatic heterocycles. The van der Waals surface area contributed by atoms with Crippen LogP contribution < -0.4 is 0 Å². The van der Waals surface area contributed by atoms with Gasteiger partial charge in [0.2, 0.25) is 0 Å². The summed E-state index contributed by atoms with van der Waals surface area (Å²) in [6.07, 6.45) is 6.33. The number of para-hydroxylation sites is 1. The van der Waals surface area contributed by atoms with Gasteiger partial charge in [0.05, 0.1) is 0 Å². The van der Waals surface area contributed by atoms with Crippen LogP contribution in [0, 0.1) is 0 Å². The molecule has 0 N–H and O–H groups in total. The minimum atomic E-state index is 0.848. The number of unbranched alkanes of at least 4 members (excludes halogenated alkanes) is 3. The zero-order chi connectivity index (χ0) is 14.5. The summed E-state index contributed by atoms with van der Waals surface area (Å²) in [7, 11) is 0. The van der Waals surface area contributed by atoms with Gasteiger partial charge in [-0.15, -0.1) is 0 Å². The van der Waals surface area contributed by atoms with Crippen molar-refractivity contribution in [3.8, 4) is 11.3 Å². The van der Waals surface area contributed by atoms with Gasteiger partial charge in [-0.05, 0) is 36.6 Å². The van der Waals surface area contributed by atoms with Crippen LogP contribution in [0.15, 0.2) is 53.1 Å². The van der Waals surface area contributed by atoms with E-state index in [1.165, 1.54) is 31.2 Å². The first kappa shape index (κ1) is 13.9. The van der Waals surface area contributed by atoms with E-state index in [0.717, 1.165) is 28.6 Å². The Morgan fingerprint density at radius 3 is 2.76 bits per heavy atom. The van der Waals surface area contributed by atoms with Gasteiger partial charge in [-0.2, -0.15) is 0 Å². The lowest BCUT2D eigenvalue weighted by atomic mass is 10.0. The molecule has 0 saturated carbocycles. The van der Waals surface area contributed by atoms with Gasteiger partial charge in [0, 0.05) is 10.9 Å². The van der Waals surface area contributed by atoms with Crippen molar-refractivity contribution >= 4 is 11.0 Å². The van der Waals surface area contributed by atoms with Crippen molar-refractivity contribution in [2.24, 2.45) is 0 Å². The van der Waals surface area contributed by atoms with Crippen molar-refractivity contribution in [3.63, 3.8) is 0 Å². The molecule has 108 valence electrons. The Morgan fingerprint density at radius 1 is 0.952 bits per heavy atom. The Balaban J connectivity index is 1.82. The summed E-state index contributed by atoms with van der Waals surface area (Å²) in [6, 6.07) is 16.7. The predicted molar refractivity (Wildman–Crippen MR) is 87.3 cm³/mol. The summed E-state index contributed by atoms with van der Waals surface area (Å²) in [5, 5.41) is 5.33. The molecule has 2 nitrogen and oxygen atoms in total. The number of hydrogen-bond acceptors (Lipinski definition) is 2. The highest BCUT2D eigenvalue weighted by atomic mass is 16.5. The molecule has 0 saturated heterocycles. The van der Waals surface area contributed by atoms with Crippen LogP contribution >= 0.6 is 0 Å². The fraction of sp³-hybridized carbons (Fsp3) is 0.316. The van der Waals surface area contributed by atoms with Crippen molar-refractivity contribution < 1.29 is 4.52 Å². The van der Waals surface area contributed by atoms with E-state index >= 15 is 0 Å². The van der Waals surface area contributed by atoms with E-state index in [4.69, 9.17) is 4.52 Å². The van der Waals surface area contributed by atoms with E-state index in [1.54, 1.807) is 0 Å². The first-order valence-corrected chi connectivity index (χ1v) is 7.82. The van der Waals surface area contributed by atoms with Crippen molar-refractivity contribution in [2.75, 3.05) is 0 Å². The molecule has 0 fully saturated rings. The molecule has 0 radical (unpaired) electrons. The van der Waals surface area contributed by atoms with Gasteiger partial charge in [-0.3, -0.25) is 0 Å². The van der Waals surface area contributed by atoms with Gasteiger partial charge in [-0.1, -0.05) is 61.7 Å². The summed E-state index contributed by atoms with van der Waals surface area (Å²) in [5.41, 5.74) is 4.32. The van der Waals surface area contributed by atoms with Crippen LogP contribution in [-0.4, -0.2) is 5.16 Å². The molecule has 21 heavy (non-hydrogen) atoms. The number of hydrogen-bond donors (Lipinski definition) is 0. The molecule has 0 unspecified atom stereocenters. The molecule has 2 heteroatoms. The minimum absolute atomic E-state index is 0.848. The number of benzene rings is 2. The molecule has 2 aromatic carbocycles. The molecule has 1 heterocycles. The monoisotopic (exact) mass is 279 g/mol. The zero-order valence-electron chi connectivity index (χ0n) is 12.5. The largest absolute Gasteiger partial charge is 0.356 e. The molecule has 0 amide bonds. The molecule has 0 bridgehead atoms. The normalized spacial score (nSPS) is 11.1. The van der Waals surface area contributed by atoms with Crippen LogP contribution in [0.3, 0.4) is 0 Å². The maximum atomic E-state index is 5.41. The van der Waals surface area contributed by atoms with Crippen LogP contribution in [-0.2, 0) is 6.42 Å². The topological polar surface area (TPSA) is 26.0 Å². The van der Waals surface area contributed by atoms with E-state index in [9.17, 15) is 0 Å². The predicted octanol–water partition coefficient (Wildman–Crippen LogP) is 5.62. The Morgan fingerprint density at radius 2 is 1.86 bits per heavy atom. The van der Waals surface area contributed by atoms with Gasteiger partial charge in [-0.25, -0.2) is 0 Å².